The average Bonchev–Trinajstić information content (AvgIpc) is 2.18. The summed E-state index contributed by atoms with van der Waals surface area (Å²) >= 11 is 0. The molecule has 1 aromatic carbocycles. The molecular formula is C11H15NO4S. The highest BCUT2D eigenvalue weighted by Crippen LogP contribution is 2.25. The average molecular weight is 257 g/mol. The Morgan fingerprint density at radius 1 is 1.29 bits per heavy atom. The predicted octanol–water partition coefficient (Wildman–Crippen LogP) is 0.791. The normalized spacial score (nSPS) is 13.4. The third-order valence-electron chi connectivity index (χ3n) is 2.63. The van der Waals surface area contributed by atoms with Crippen LogP contribution in [0.3, 0.4) is 0 Å². The lowest BCUT2D eigenvalue weighted by Gasteiger charge is -2.14. The number of nitrogens with two attached hydrogens (primary N) is 1. The van der Waals surface area contributed by atoms with Gasteiger partial charge in [0.05, 0.1) is 4.90 Å². The van der Waals surface area contributed by atoms with E-state index in [9.17, 15) is 13.2 Å². The third-order valence-corrected chi connectivity index (χ3v) is 3.78. The molecule has 0 spiro atoms. The molecule has 94 valence electrons. The molecule has 0 heterocycles. The summed E-state index contributed by atoms with van der Waals surface area (Å²) in [6.07, 6.45) is 1.04. The number of carboxylic acid groups (broad SMARTS) is 1. The topological polar surface area (TPSA) is 97.5 Å². The summed E-state index contributed by atoms with van der Waals surface area (Å²) in [6, 6.07) is 1.65. The number of benzene rings is 1. The summed E-state index contributed by atoms with van der Waals surface area (Å²) in [7, 11) is -3.49. The van der Waals surface area contributed by atoms with E-state index in [4.69, 9.17) is 10.8 Å². The summed E-state index contributed by atoms with van der Waals surface area (Å²) in [5, 5.41) is 8.87. The van der Waals surface area contributed by atoms with Crippen molar-refractivity contribution in [1.29, 1.82) is 0 Å². The maximum Gasteiger partial charge on any atom is 0.325 e. The van der Waals surface area contributed by atoms with E-state index < -0.39 is 21.8 Å². The minimum absolute atomic E-state index is 0.0181. The number of aryl methyl sites for hydroxylation is 2. The first kappa shape index (κ1) is 13.7. The van der Waals surface area contributed by atoms with Crippen molar-refractivity contribution in [3.63, 3.8) is 0 Å². The minimum Gasteiger partial charge on any atom is -0.480 e. The molecule has 0 aliphatic carbocycles. The Labute approximate surface area is 100 Å². The van der Waals surface area contributed by atoms with Crippen LogP contribution in [-0.4, -0.2) is 25.7 Å². The number of carboxylic acids is 1. The maximum atomic E-state index is 11.6. The molecule has 0 saturated carbocycles. The molecule has 0 aromatic heterocycles. The van der Waals surface area contributed by atoms with E-state index in [2.05, 4.69) is 0 Å². The van der Waals surface area contributed by atoms with E-state index in [0.717, 1.165) is 17.4 Å². The second-order valence-electron chi connectivity index (χ2n) is 4.06. The van der Waals surface area contributed by atoms with E-state index in [0.29, 0.717) is 0 Å². The largest absolute Gasteiger partial charge is 0.480 e. The second kappa shape index (κ2) is 4.46. The molecule has 3 N–H and O–H groups in total. The van der Waals surface area contributed by atoms with Crippen molar-refractivity contribution in [2.45, 2.75) is 24.8 Å². The van der Waals surface area contributed by atoms with Crippen molar-refractivity contribution in [3.05, 3.63) is 28.8 Å². The van der Waals surface area contributed by atoms with Crippen LogP contribution >= 0.6 is 0 Å². The van der Waals surface area contributed by atoms with Crippen molar-refractivity contribution in [1.82, 2.24) is 0 Å². The molecule has 0 bridgehead atoms. The summed E-state index contributed by atoms with van der Waals surface area (Å²) in [4.78, 5) is 10.8. The molecule has 0 saturated heterocycles. The molecule has 17 heavy (non-hydrogen) atoms. The molecule has 1 rings (SSSR count). The highest BCUT2D eigenvalue weighted by Gasteiger charge is 2.23. The van der Waals surface area contributed by atoms with Gasteiger partial charge in [0.1, 0.15) is 6.04 Å². The Morgan fingerprint density at radius 2 is 1.76 bits per heavy atom. The van der Waals surface area contributed by atoms with Crippen LogP contribution in [-0.2, 0) is 14.6 Å². The minimum atomic E-state index is -3.49. The lowest BCUT2D eigenvalue weighted by Crippen LogP contribution is -2.23. The van der Waals surface area contributed by atoms with Gasteiger partial charge in [0.15, 0.2) is 9.84 Å². The van der Waals surface area contributed by atoms with Gasteiger partial charge in [-0.2, -0.15) is 0 Å². The van der Waals surface area contributed by atoms with E-state index in [1.54, 1.807) is 13.8 Å². The summed E-state index contributed by atoms with van der Waals surface area (Å²) < 4.78 is 23.2. The quantitative estimate of drug-likeness (QED) is 0.834. The monoisotopic (exact) mass is 257 g/mol. The van der Waals surface area contributed by atoms with E-state index >= 15 is 0 Å². The van der Waals surface area contributed by atoms with Crippen LogP contribution in [0.5, 0.6) is 0 Å². The van der Waals surface area contributed by atoms with Gasteiger partial charge in [0.2, 0.25) is 0 Å². The van der Waals surface area contributed by atoms with Gasteiger partial charge in [0.25, 0.3) is 0 Å². The first-order chi connectivity index (χ1) is 7.64. The van der Waals surface area contributed by atoms with Gasteiger partial charge in [-0.15, -0.1) is 0 Å². The van der Waals surface area contributed by atoms with Gasteiger partial charge < -0.3 is 10.8 Å². The fourth-order valence-electron chi connectivity index (χ4n) is 1.51. The number of aliphatic carboxylic acids is 1. The molecule has 6 heteroatoms. The fourth-order valence-corrected chi connectivity index (χ4v) is 2.51. The Morgan fingerprint density at radius 3 is 2.18 bits per heavy atom. The molecule has 0 fully saturated rings. The van der Waals surface area contributed by atoms with Gasteiger partial charge >= 0.3 is 5.97 Å². The van der Waals surface area contributed by atoms with Gasteiger partial charge in [-0.1, -0.05) is 6.07 Å². The smallest absolute Gasteiger partial charge is 0.325 e. The highest BCUT2D eigenvalue weighted by molar-refractivity contribution is 7.90. The van der Waals surface area contributed by atoms with Gasteiger partial charge in [0, 0.05) is 6.26 Å². The maximum absolute atomic E-state index is 11.6. The van der Waals surface area contributed by atoms with Crippen molar-refractivity contribution in [3.8, 4) is 0 Å². The van der Waals surface area contributed by atoms with Gasteiger partial charge in [-0.05, 0) is 36.6 Å². The number of hydrogen-bond donors (Lipinski definition) is 2. The Balaban J connectivity index is 3.58. The summed E-state index contributed by atoms with van der Waals surface area (Å²) in [5.74, 6) is -1.25. The molecule has 0 aliphatic rings. The van der Waals surface area contributed by atoms with E-state index in [1.807, 2.05) is 0 Å². The number of carbonyl (C=O) groups is 1. The van der Waals surface area contributed by atoms with Crippen LogP contribution in [0.4, 0.5) is 0 Å². The van der Waals surface area contributed by atoms with E-state index in [-0.39, 0.29) is 10.5 Å². The number of rotatable bonds is 3. The molecule has 0 amide bonds. The summed E-state index contributed by atoms with van der Waals surface area (Å²) in [5.41, 5.74) is 7.21. The molecule has 5 nitrogen and oxygen atoms in total. The number of hydrogen-bond acceptors (Lipinski definition) is 4. The second-order valence-corrected chi connectivity index (χ2v) is 6.05. The first-order valence-electron chi connectivity index (χ1n) is 4.94. The van der Waals surface area contributed by atoms with Crippen LogP contribution in [0, 0.1) is 13.8 Å². The van der Waals surface area contributed by atoms with Crippen LogP contribution in [0.1, 0.15) is 22.7 Å². The van der Waals surface area contributed by atoms with Crippen LogP contribution < -0.4 is 5.73 Å². The molecule has 1 aromatic rings. The van der Waals surface area contributed by atoms with Crippen LogP contribution in [0.15, 0.2) is 17.0 Å². The van der Waals surface area contributed by atoms with Crippen LogP contribution in [0.2, 0.25) is 0 Å². The zero-order valence-electron chi connectivity index (χ0n) is 9.89. The Kier molecular flexibility index (Phi) is 3.59. The first-order valence-corrected chi connectivity index (χ1v) is 6.83. The molecule has 0 radical (unpaired) electrons. The Bertz CT molecular complexity index is 563. The zero-order chi connectivity index (χ0) is 13.4. The van der Waals surface area contributed by atoms with Crippen molar-refractivity contribution < 1.29 is 18.3 Å². The number of sulfone groups is 1. The highest BCUT2D eigenvalue weighted by atomic mass is 32.2. The van der Waals surface area contributed by atoms with Crippen molar-refractivity contribution in [2.75, 3.05) is 6.26 Å². The van der Waals surface area contributed by atoms with Crippen molar-refractivity contribution in [2.24, 2.45) is 5.73 Å². The fraction of sp³-hybridized carbons (Fsp3) is 0.364. The molecule has 1 unspecified atom stereocenters. The zero-order valence-corrected chi connectivity index (χ0v) is 10.7. The SMILES string of the molecule is Cc1cc(C(N)C(=O)O)c(S(C)(=O)=O)cc1C. The molecule has 1 atom stereocenters. The lowest BCUT2D eigenvalue weighted by atomic mass is 10.0. The predicted molar refractivity (Wildman–Crippen MR) is 63.6 cm³/mol. The molecular weight excluding hydrogens is 242 g/mol. The standard InChI is InChI=1S/C11H15NO4S/c1-6-4-8(10(12)11(13)14)9(5-7(6)2)17(3,15)16/h4-5,10H,12H2,1-3H3,(H,13,14). The van der Waals surface area contributed by atoms with Gasteiger partial charge in [-0.25, -0.2) is 8.42 Å². The van der Waals surface area contributed by atoms with Crippen LogP contribution in [0.25, 0.3) is 0 Å². The van der Waals surface area contributed by atoms with Gasteiger partial charge in [-0.3, -0.25) is 4.79 Å². The lowest BCUT2D eigenvalue weighted by molar-refractivity contribution is -0.138. The molecule has 0 aliphatic heterocycles. The Hall–Kier alpha value is -1.40. The third kappa shape index (κ3) is 2.83. The van der Waals surface area contributed by atoms with E-state index in [1.165, 1.54) is 12.1 Å². The summed E-state index contributed by atoms with van der Waals surface area (Å²) in [6.45, 7) is 3.54. The van der Waals surface area contributed by atoms with Crippen molar-refractivity contribution >= 4 is 15.8 Å².